The van der Waals surface area contributed by atoms with Crippen LogP contribution in [0.3, 0.4) is 0 Å². The number of hydrogen-bond acceptors (Lipinski definition) is 8. The van der Waals surface area contributed by atoms with Crippen LogP contribution in [0.4, 0.5) is 17.8 Å². The Hall–Kier alpha value is -2.91. The Kier molecular flexibility index (Phi) is 2.85. The normalized spacial score (nSPS) is 19.0. The summed E-state index contributed by atoms with van der Waals surface area (Å²) < 4.78 is 0. The summed E-state index contributed by atoms with van der Waals surface area (Å²) in [5.41, 5.74) is 5.52. The third-order valence-corrected chi connectivity index (χ3v) is 3.13. The van der Waals surface area contributed by atoms with E-state index in [1.165, 1.54) is 0 Å². The third-order valence-electron chi connectivity index (χ3n) is 3.13. The van der Waals surface area contributed by atoms with E-state index in [2.05, 4.69) is 15.0 Å². The summed E-state index contributed by atoms with van der Waals surface area (Å²) >= 11 is 0. The monoisotopic (exact) mass is 290 g/mol. The molecule has 0 saturated carbocycles. The van der Waals surface area contributed by atoms with Crippen LogP contribution in [0, 0.1) is 0 Å². The number of carbonyl (C=O) groups is 4. The maximum absolute atomic E-state index is 11.7. The first kappa shape index (κ1) is 13.1. The Labute approximate surface area is 118 Å². The van der Waals surface area contributed by atoms with Gasteiger partial charge < -0.3 is 5.73 Å². The summed E-state index contributed by atoms with van der Waals surface area (Å²) in [7, 11) is 0. The van der Waals surface area contributed by atoms with Crippen molar-refractivity contribution in [3.05, 3.63) is 0 Å². The van der Waals surface area contributed by atoms with E-state index in [9.17, 15) is 19.2 Å². The summed E-state index contributed by atoms with van der Waals surface area (Å²) in [5.74, 6) is -2.66. The predicted octanol–water partition coefficient (Wildman–Crippen LogP) is -1.24. The average Bonchev–Trinajstić information content (AvgIpc) is 2.92. The van der Waals surface area contributed by atoms with E-state index in [1.54, 1.807) is 0 Å². The SMILES string of the molecule is Nc1nc(N2C(=O)CCC2=O)nc(N2C(=O)CCC2=O)n1. The van der Waals surface area contributed by atoms with Crippen molar-refractivity contribution in [2.45, 2.75) is 25.7 Å². The van der Waals surface area contributed by atoms with Gasteiger partial charge in [-0.2, -0.15) is 15.0 Å². The molecule has 2 aliphatic heterocycles. The number of rotatable bonds is 2. The molecule has 0 aliphatic carbocycles. The molecule has 2 fully saturated rings. The number of nitrogen functional groups attached to an aromatic ring is 1. The molecule has 2 saturated heterocycles. The molecule has 4 amide bonds. The van der Waals surface area contributed by atoms with Gasteiger partial charge in [-0.15, -0.1) is 0 Å². The summed E-state index contributed by atoms with van der Waals surface area (Å²) in [6, 6.07) is 0. The highest BCUT2D eigenvalue weighted by molar-refractivity contribution is 6.20. The van der Waals surface area contributed by atoms with E-state index < -0.39 is 23.6 Å². The van der Waals surface area contributed by atoms with Gasteiger partial charge in [0.25, 0.3) is 0 Å². The Morgan fingerprint density at radius 1 is 0.667 bits per heavy atom. The lowest BCUT2D eigenvalue weighted by atomic mass is 10.4. The lowest BCUT2D eigenvalue weighted by Crippen LogP contribution is -2.34. The summed E-state index contributed by atoms with van der Waals surface area (Å²) in [4.78, 5) is 59.6. The molecule has 0 atom stereocenters. The van der Waals surface area contributed by atoms with Gasteiger partial charge in [-0.1, -0.05) is 0 Å². The zero-order valence-corrected chi connectivity index (χ0v) is 10.8. The second-order valence-corrected chi connectivity index (χ2v) is 4.54. The zero-order chi connectivity index (χ0) is 15.1. The highest BCUT2D eigenvalue weighted by Crippen LogP contribution is 2.24. The molecule has 0 bridgehead atoms. The van der Waals surface area contributed by atoms with E-state index in [0.717, 1.165) is 9.80 Å². The first-order valence-electron chi connectivity index (χ1n) is 6.20. The van der Waals surface area contributed by atoms with Crippen molar-refractivity contribution in [1.82, 2.24) is 15.0 Å². The average molecular weight is 290 g/mol. The van der Waals surface area contributed by atoms with Crippen LogP contribution in [-0.2, 0) is 19.2 Å². The number of hydrogen-bond donors (Lipinski definition) is 1. The van der Waals surface area contributed by atoms with Crippen LogP contribution in [0.15, 0.2) is 0 Å². The minimum absolute atomic E-state index is 0.0569. The quantitative estimate of drug-likeness (QED) is 0.667. The van der Waals surface area contributed by atoms with E-state index in [1.807, 2.05) is 0 Å². The summed E-state index contributed by atoms with van der Waals surface area (Å²) in [6.45, 7) is 0. The van der Waals surface area contributed by atoms with Crippen LogP contribution < -0.4 is 15.5 Å². The van der Waals surface area contributed by atoms with E-state index in [-0.39, 0.29) is 43.5 Å². The number of carbonyl (C=O) groups excluding carboxylic acids is 4. The molecule has 1 aromatic heterocycles. The Morgan fingerprint density at radius 3 is 1.33 bits per heavy atom. The molecule has 0 unspecified atom stereocenters. The number of anilines is 3. The third kappa shape index (κ3) is 2.10. The van der Waals surface area contributed by atoms with Crippen molar-refractivity contribution in [3.8, 4) is 0 Å². The van der Waals surface area contributed by atoms with Gasteiger partial charge >= 0.3 is 0 Å². The predicted molar refractivity (Wildman–Crippen MR) is 67.7 cm³/mol. The molecule has 21 heavy (non-hydrogen) atoms. The minimum atomic E-state index is -0.462. The topological polar surface area (TPSA) is 139 Å². The van der Waals surface area contributed by atoms with Crippen molar-refractivity contribution < 1.29 is 19.2 Å². The fraction of sp³-hybridized carbons (Fsp3) is 0.364. The van der Waals surface area contributed by atoms with Crippen LogP contribution in [0.1, 0.15) is 25.7 Å². The Morgan fingerprint density at radius 2 is 1.00 bits per heavy atom. The standard InChI is InChI=1S/C11H10N6O4/c12-9-13-10(16-5(18)1-2-6(16)19)15-11(14-9)17-7(20)3-4-8(17)21/h1-4H2,(H2,12,13,14,15). The van der Waals surface area contributed by atoms with Gasteiger partial charge in [-0.05, 0) is 0 Å². The molecule has 3 heterocycles. The van der Waals surface area contributed by atoms with Crippen LogP contribution in [-0.4, -0.2) is 38.6 Å². The van der Waals surface area contributed by atoms with Gasteiger partial charge in [-0.3, -0.25) is 19.2 Å². The van der Waals surface area contributed by atoms with Crippen molar-refractivity contribution in [3.63, 3.8) is 0 Å². The fourth-order valence-corrected chi connectivity index (χ4v) is 2.17. The number of aromatic nitrogens is 3. The first-order chi connectivity index (χ1) is 9.97. The van der Waals surface area contributed by atoms with Crippen LogP contribution in [0.5, 0.6) is 0 Å². The summed E-state index contributed by atoms with van der Waals surface area (Å²) in [5, 5.41) is 0. The molecule has 108 valence electrons. The first-order valence-corrected chi connectivity index (χ1v) is 6.20. The molecular weight excluding hydrogens is 280 g/mol. The number of imide groups is 2. The van der Waals surface area contributed by atoms with Gasteiger partial charge in [0.15, 0.2) is 0 Å². The smallest absolute Gasteiger partial charge is 0.245 e. The van der Waals surface area contributed by atoms with Gasteiger partial charge in [0.2, 0.25) is 41.5 Å². The second-order valence-electron chi connectivity index (χ2n) is 4.54. The molecule has 2 aliphatic rings. The maximum Gasteiger partial charge on any atom is 0.245 e. The molecule has 2 N–H and O–H groups in total. The van der Waals surface area contributed by atoms with Crippen molar-refractivity contribution in [1.29, 1.82) is 0 Å². The van der Waals surface area contributed by atoms with E-state index >= 15 is 0 Å². The number of amides is 4. The van der Waals surface area contributed by atoms with E-state index in [0.29, 0.717) is 0 Å². The number of nitrogens with two attached hydrogens (primary N) is 1. The highest BCUT2D eigenvalue weighted by Gasteiger charge is 2.36. The van der Waals surface area contributed by atoms with Gasteiger partial charge in [0.1, 0.15) is 0 Å². The lowest BCUT2D eigenvalue weighted by Gasteiger charge is -2.15. The highest BCUT2D eigenvalue weighted by atomic mass is 16.2. The van der Waals surface area contributed by atoms with Gasteiger partial charge in [-0.25, -0.2) is 9.80 Å². The molecule has 3 rings (SSSR count). The van der Waals surface area contributed by atoms with E-state index in [4.69, 9.17) is 5.73 Å². The summed E-state index contributed by atoms with van der Waals surface area (Å²) in [6.07, 6.45) is 0.227. The molecule has 0 aromatic carbocycles. The fourth-order valence-electron chi connectivity index (χ4n) is 2.17. The molecule has 1 aromatic rings. The Balaban J connectivity index is 2.04. The maximum atomic E-state index is 11.7. The van der Waals surface area contributed by atoms with Crippen molar-refractivity contribution >= 4 is 41.5 Å². The second kappa shape index (κ2) is 4.58. The Bertz CT molecular complexity index is 601. The molecule has 0 radical (unpaired) electrons. The van der Waals surface area contributed by atoms with Crippen LogP contribution >= 0.6 is 0 Å². The van der Waals surface area contributed by atoms with Crippen molar-refractivity contribution in [2.75, 3.05) is 15.5 Å². The number of nitrogens with zero attached hydrogens (tertiary/aromatic N) is 5. The minimum Gasteiger partial charge on any atom is -0.368 e. The van der Waals surface area contributed by atoms with Gasteiger partial charge in [0, 0.05) is 25.7 Å². The zero-order valence-electron chi connectivity index (χ0n) is 10.8. The van der Waals surface area contributed by atoms with Crippen LogP contribution in [0.25, 0.3) is 0 Å². The molecule has 0 spiro atoms. The molecule has 10 nitrogen and oxygen atoms in total. The van der Waals surface area contributed by atoms with Crippen LogP contribution in [0.2, 0.25) is 0 Å². The molecular formula is C11H10N6O4. The lowest BCUT2D eigenvalue weighted by molar-refractivity contribution is -0.122. The molecule has 10 heteroatoms. The van der Waals surface area contributed by atoms with Crippen molar-refractivity contribution in [2.24, 2.45) is 0 Å². The van der Waals surface area contributed by atoms with Gasteiger partial charge in [0.05, 0.1) is 0 Å². The largest absolute Gasteiger partial charge is 0.368 e.